The van der Waals surface area contributed by atoms with Gasteiger partial charge in [0.25, 0.3) is 0 Å². The first-order valence-electron chi connectivity index (χ1n) is 10.1. The minimum atomic E-state index is -0.270. The molecule has 7 heteroatoms. The highest BCUT2D eigenvalue weighted by atomic mass is 32.2. The van der Waals surface area contributed by atoms with Crippen LogP contribution >= 0.6 is 11.8 Å². The van der Waals surface area contributed by atoms with Crippen LogP contribution in [-0.2, 0) is 12.0 Å². The number of ketones is 1. The molecule has 2 aromatic rings. The average molecular weight is 411 g/mol. The number of nitrogens with zero attached hydrogens (tertiary/aromatic N) is 3. The maximum absolute atomic E-state index is 12.7. The Balaban J connectivity index is 1.59. The third-order valence-electron chi connectivity index (χ3n) is 5.94. The second kappa shape index (κ2) is 8.53. The van der Waals surface area contributed by atoms with Crippen LogP contribution in [0.2, 0.25) is 0 Å². The van der Waals surface area contributed by atoms with Crippen molar-refractivity contribution in [2.24, 2.45) is 16.6 Å². The van der Waals surface area contributed by atoms with Gasteiger partial charge in [-0.15, -0.1) is 0 Å². The topological polar surface area (TPSA) is 90.5 Å². The lowest BCUT2D eigenvalue weighted by Gasteiger charge is -2.37. The number of rotatable bonds is 6. The van der Waals surface area contributed by atoms with E-state index < -0.39 is 0 Å². The van der Waals surface area contributed by atoms with E-state index in [0.29, 0.717) is 22.7 Å². The molecule has 0 amide bonds. The van der Waals surface area contributed by atoms with Crippen molar-refractivity contribution in [3.63, 3.8) is 0 Å². The number of hydrogen-bond donors (Lipinski definition) is 1. The second-order valence-electron chi connectivity index (χ2n) is 7.74. The fourth-order valence-corrected chi connectivity index (χ4v) is 5.47. The van der Waals surface area contributed by atoms with Crippen LogP contribution < -0.4 is 10.5 Å². The lowest BCUT2D eigenvalue weighted by molar-refractivity contribution is 0.0987. The summed E-state index contributed by atoms with van der Waals surface area (Å²) < 4.78 is 5.01. The highest BCUT2D eigenvalue weighted by molar-refractivity contribution is 8.14. The zero-order valence-electron chi connectivity index (χ0n) is 16.6. The van der Waals surface area contributed by atoms with Crippen molar-refractivity contribution in [2.45, 2.75) is 44.1 Å². The monoisotopic (exact) mass is 410 g/mol. The van der Waals surface area contributed by atoms with Gasteiger partial charge < -0.3 is 10.5 Å². The van der Waals surface area contributed by atoms with Crippen LogP contribution in [0.5, 0.6) is 5.88 Å². The van der Waals surface area contributed by atoms with Crippen molar-refractivity contribution >= 4 is 22.7 Å². The zero-order valence-corrected chi connectivity index (χ0v) is 17.5. The molecular formula is C22H26N4O2S. The lowest BCUT2D eigenvalue weighted by Crippen LogP contribution is -2.35. The number of carbonyl (C=O) groups excluding carboxylic acids is 1. The molecule has 0 bridgehead atoms. The fourth-order valence-electron chi connectivity index (χ4n) is 4.41. The van der Waals surface area contributed by atoms with Crippen molar-refractivity contribution in [3.8, 4) is 5.88 Å². The Labute approximate surface area is 175 Å². The molecule has 1 aliphatic carbocycles. The van der Waals surface area contributed by atoms with Gasteiger partial charge in [-0.05, 0) is 29.9 Å². The number of nitrogens with two attached hydrogens (primary N) is 1. The summed E-state index contributed by atoms with van der Waals surface area (Å²) in [5.41, 5.74) is 8.31. The molecule has 0 saturated heterocycles. The molecular weight excluding hydrogens is 384 g/mol. The summed E-state index contributed by atoms with van der Waals surface area (Å²) in [6.45, 7) is 0. The molecule has 2 N–H and O–H groups in total. The maximum Gasteiger partial charge on any atom is 0.232 e. The first-order valence-corrected chi connectivity index (χ1v) is 11.1. The molecule has 1 atom stereocenters. The van der Waals surface area contributed by atoms with Crippen molar-refractivity contribution in [1.29, 1.82) is 0 Å². The molecule has 0 radical (unpaired) electrons. The number of carbonyl (C=O) groups is 1. The van der Waals surface area contributed by atoms with Crippen LogP contribution in [0.3, 0.4) is 0 Å². The van der Waals surface area contributed by atoms with Crippen molar-refractivity contribution in [3.05, 3.63) is 53.5 Å². The normalized spacial score (nSPS) is 22.3. The Hall–Kier alpha value is -2.41. The Morgan fingerprint density at radius 2 is 2.07 bits per heavy atom. The molecule has 6 nitrogen and oxygen atoms in total. The number of aromatic nitrogens is 2. The summed E-state index contributed by atoms with van der Waals surface area (Å²) in [6, 6.07) is 8.28. The van der Waals surface area contributed by atoms with Crippen molar-refractivity contribution in [1.82, 2.24) is 9.97 Å². The maximum atomic E-state index is 12.7. The van der Waals surface area contributed by atoms with Crippen LogP contribution in [0.4, 0.5) is 0 Å². The van der Waals surface area contributed by atoms with Gasteiger partial charge in [-0.3, -0.25) is 9.79 Å². The second-order valence-corrected chi connectivity index (χ2v) is 8.74. The third-order valence-corrected chi connectivity index (χ3v) is 6.92. The van der Waals surface area contributed by atoms with Gasteiger partial charge in [-0.25, -0.2) is 9.97 Å². The summed E-state index contributed by atoms with van der Waals surface area (Å²) in [5, 5.41) is 0.672. The number of methoxy groups -OCH3 is 1. The molecule has 152 valence electrons. The first kappa shape index (κ1) is 19.9. The van der Waals surface area contributed by atoms with Gasteiger partial charge in [-0.2, -0.15) is 0 Å². The van der Waals surface area contributed by atoms with Crippen molar-refractivity contribution < 1.29 is 9.53 Å². The molecule has 1 aliphatic heterocycles. The van der Waals surface area contributed by atoms with E-state index in [-0.39, 0.29) is 17.7 Å². The standard InChI is InChI=1S/C22H26N4O2S/c1-28-20-13-24-18(12-25-20)19(27)11-15-6-5-9-17(10-15)22(14-29-21(23)26-22)16-7-3-2-4-8-16/h5-6,9-10,12-13,16H,2-4,7-8,11,14H2,1H3,(H2,23,26). The predicted octanol–water partition coefficient (Wildman–Crippen LogP) is 3.75. The predicted molar refractivity (Wildman–Crippen MR) is 115 cm³/mol. The summed E-state index contributed by atoms with van der Waals surface area (Å²) in [6.07, 6.45) is 9.38. The quantitative estimate of drug-likeness (QED) is 0.730. The van der Waals surface area contributed by atoms with E-state index in [1.165, 1.54) is 57.2 Å². The number of thioether (sulfide) groups is 1. The largest absolute Gasteiger partial charge is 0.480 e. The molecule has 1 aromatic heterocycles. The van der Waals surface area contributed by atoms with Gasteiger partial charge in [-0.1, -0.05) is 55.3 Å². The SMILES string of the molecule is COc1cnc(C(=O)Cc2cccc(C3(C4CCCCC4)CSC(N)=N3)c2)cn1. The summed E-state index contributed by atoms with van der Waals surface area (Å²) >= 11 is 1.64. The molecule has 0 spiro atoms. The molecule has 4 rings (SSSR count). The minimum absolute atomic E-state index is 0.0622. The van der Waals surface area contributed by atoms with Crippen molar-refractivity contribution in [2.75, 3.05) is 12.9 Å². The van der Waals surface area contributed by atoms with E-state index in [1.54, 1.807) is 11.8 Å². The van der Waals surface area contributed by atoms with E-state index in [9.17, 15) is 4.79 Å². The van der Waals surface area contributed by atoms with Gasteiger partial charge >= 0.3 is 0 Å². The smallest absolute Gasteiger partial charge is 0.232 e. The Kier molecular flexibility index (Phi) is 5.85. The number of hydrogen-bond acceptors (Lipinski definition) is 7. The van der Waals surface area contributed by atoms with E-state index in [0.717, 1.165) is 11.3 Å². The van der Waals surface area contributed by atoms with E-state index in [1.807, 2.05) is 12.1 Å². The lowest BCUT2D eigenvalue weighted by atomic mass is 9.72. The highest BCUT2D eigenvalue weighted by Gasteiger charge is 2.44. The first-order chi connectivity index (χ1) is 14.1. The van der Waals surface area contributed by atoms with Gasteiger partial charge in [0.15, 0.2) is 11.0 Å². The number of Topliss-reactive ketones (excluding diaryl/α,β-unsaturated/α-hetero) is 1. The van der Waals surface area contributed by atoms with Crippen LogP contribution in [0.25, 0.3) is 0 Å². The Morgan fingerprint density at radius 3 is 2.72 bits per heavy atom. The molecule has 2 aliphatic rings. The molecule has 2 heterocycles. The van der Waals surface area contributed by atoms with Crippen LogP contribution in [0, 0.1) is 5.92 Å². The van der Waals surface area contributed by atoms with Crippen LogP contribution in [0.15, 0.2) is 41.7 Å². The molecule has 1 unspecified atom stereocenters. The number of amidine groups is 1. The summed E-state index contributed by atoms with van der Waals surface area (Å²) in [7, 11) is 1.52. The fraction of sp³-hybridized carbons (Fsp3) is 0.455. The van der Waals surface area contributed by atoms with Gasteiger partial charge in [0.1, 0.15) is 11.2 Å². The molecule has 1 fully saturated rings. The Morgan fingerprint density at radius 1 is 1.24 bits per heavy atom. The molecule has 29 heavy (non-hydrogen) atoms. The average Bonchev–Trinajstić information content (AvgIpc) is 3.17. The van der Waals surface area contributed by atoms with Gasteiger partial charge in [0, 0.05) is 12.2 Å². The highest BCUT2D eigenvalue weighted by Crippen LogP contribution is 2.47. The van der Waals surface area contributed by atoms with Crippen LogP contribution in [0.1, 0.15) is 53.7 Å². The summed E-state index contributed by atoms with van der Waals surface area (Å²) in [5.74, 6) is 1.72. The summed E-state index contributed by atoms with van der Waals surface area (Å²) in [4.78, 5) is 25.9. The van der Waals surface area contributed by atoms with Crippen LogP contribution in [-0.4, -0.2) is 33.8 Å². The van der Waals surface area contributed by atoms with E-state index >= 15 is 0 Å². The number of aliphatic imine (C=N–C) groups is 1. The van der Waals surface area contributed by atoms with Gasteiger partial charge in [0.05, 0.1) is 19.5 Å². The van der Waals surface area contributed by atoms with Gasteiger partial charge in [0.2, 0.25) is 5.88 Å². The Bertz CT molecular complexity index is 909. The number of ether oxygens (including phenoxy) is 1. The number of benzene rings is 1. The molecule has 1 saturated carbocycles. The van der Waals surface area contributed by atoms with E-state index in [2.05, 4.69) is 22.1 Å². The zero-order chi connectivity index (χ0) is 20.3. The van der Waals surface area contributed by atoms with E-state index in [4.69, 9.17) is 15.5 Å². The molecule has 1 aromatic carbocycles. The third kappa shape index (κ3) is 4.15. The minimum Gasteiger partial charge on any atom is -0.480 e.